The van der Waals surface area contributed by atoms with Crippen LogP contribution in [0.3, 0.4) is 0 Å². The molecule has 2 N–H and O–H groups in total. The second kappa shape index (κ2) is 5.33. The van der Waals surface area contributed by atoms with Gasteiger partial charge in [-0.05, 0) is 36.7 Å². The van der Waals surface area contributed by atoms with E-state index in [-0.39, 0.29) is 5.82 Å². The molecule has 1 heterocycles. The first-order valence-corrected chi connectivity index (χ1v) is 6.16. The molecule has 17 heavy (non-hydrogen) atoms. The first kappa shape index (κ1) is 12.1. The zero-order chi connectivity index (χ0) is 12.3. The van der Waals surface area contributed by atoms with Crippen LogP contribution in [0.25, 0.3) is 0 Å². The highest BCUT2D eigenvalue weighted by Crippen LogP contribution is 2.29. The van der Waals surface area contributed by atoms with E-state index in [9.17, 15) is 4.39 Å². The second-order valence-corrected chi connectivity index (χ2v) is 4.72. The maximum Gasteiger partial charge on any atom is 0.172 e. The van der Waals surface area contributed by atoms with Crippen LogP contribution in [0.1, 0.15) is 5.56 Å². The third-order valence-corrected chi connectivity index (χ3v) is 3.61. The molecule has 0 unspecified atom stereocenters. The fraction of sp³-hybridized carbons (Fsp3) is 0.250. The van der Waals surface area contributed by atoms with Gasteiger partial charge >= 0.3 is 0 Å². The van der Waals surface area contributed by atoms with Gasteiger partial charge in [-0.3, -0.25) is 0 Å². The van der Waals surface area contributed by atoms with Crippen molar-refractivity contribution in [1.82, 2.24) is 9.55 Å². The molecule has 0 aliphatic carbocycles. The maximum atomic E-state index is 13.2. The molecule has 0 saturated heterocycles. The van der Waals surface area contributed by atoms with E-state index in [0.717, 1.165) is 15.6 Å². The molecule has 0 aliphatic rings. The van der Waals surface area contributed by atoms with Crippen LogP contribution >= 0.6 is 11.8 Å². The summed E-state index contributed by atoms with van der Waals surface area (Å²) in [5.74, 6) is -0.224. The fourth-order valence-corrected chi connectivity index (χ4v) is 2.49. The highest BCUT2D eigenvalue weighted by atomic mass is 32.2. The van der Waals surface area contributed by atoms with Crippen LogP contribution in [0, 0.1) is 5.82 Å². The van der Waals surface area contributed by atoms with Gasteiger partial charge in [0.2, 0.25) is 0 Å². The van der Waals surface area contributed by atoms with Gasteiger partial charge in [0.1, 0.15) is 5.82 Å². The predicted octanol–water partition coefficient (Wildman–Crippen LogP) is 2.21. The SMILES string of the molecule is Cn1ccnc1Sc1ccc(F)cc1CCN. The summed E-state index contributed by atoms with van der Waals surface area (Å²) in [7, 11) is 1.93. The molecule has 0 aliphatic heterocycles. The number of halogens is 1. The molecule has 0 radical (unpaired) electrons. The van der Waals surface area contributed by atoms with Gasteiger partial charge in [0.15, 0.2) is 5.16 Å². The molecular weight excluding hydrogens is 237 g/mol. The number of rotatable bonds is 4. The molecule has 1 aromatic heterocycles. The van der Waals surface area contributed by atoms with E-state index in [1.165, 1.54) is 23.9 Å². The van der Waals surface area contributed by atoms with Crippen LogP contribution in [-0.2, 0) is 13.5 Å². The van der Waals surface area contributed by atoms with E-state index >= 15 is 0 Å². The summed E-state index contributed by atoms with van der Waals surface area (Å²) >= 11 is 1.53. The third kappa shape index (κ3) is 2.87. The van der Waals surface area contributed by atoms with Crippen molar-refractivity contribution in [2.75, 3.05) is 6.54 Å². The second-order valence-electron chi connectivity index (χ2n) is 3.71. The number of nitrogens with zero attached hydrogens (tertiary/aromatic N) is 2. The topological polar surface area (TPSA) is 43.8 Å². The van der Waals surface area contributed by atoms with Crippen LogP contribution in [0.15, 0.2) is 40.6 Å². The van der Waals surface area contributed by atoms with E-state index < -0.39 is 0 Å². The largest absolute Gasteiger partial charge is 0.330 e. The van der Waals surface area contributed by atoms with E-state index in [2.05, 4.69) is 4.98 Å². The number of nitrogens with two attached hydrogens (primary N) is 1. The van der Waals surface area contributed by atoms with Gasteiger partial charge in [0, 0.05) is 24.3 Å². The first-order chi connectivity index (χ1) is 8.20. The third-order valence-electron chi connectivity index (χ3n) is 2.41. The minimum absolute atomic E-state index is 0.224. The van der Waals surface area contributed by atoms with Crippen molar-refractivity contribution in [2.24, 2.45) is 12.8 Å². The molecule has 0 spiro atoms. The normalized spacial score (nSPS) is 10.8. The average molecular weight is 251 g/mol. The minimum Gasteiger partial charge on any atom is -0.330 e. The van der Waals surface area contributed by atoms with Crippen molar-refractivity contribution >= 4 is 11.8 Å². The predicted molar refractivity (Wildman–Crippen MR) is 66.5 cm³/mol. The molecule has 5 heteroatoms. The Bertz CT molecular complexity index is 510. The maximum absolute atomic E-state index is 13.2. The molecule has 0 bridgehead atoms. The molecule has 0 fully saturated rings. The van der Waals surface area contributed by atoms with E-state index in [4.69, 9.17) is 5.73 Å². The number of aryl methyl sites for hydroxylation is 1. The summed E-state index contributed by atoms with van der Waals surface area (Å²) in [5.41, 5.74) is 6.46. The van der Waals surface area contributed by atoms with Gasteiger partial charge < -0.3 is 10.3 Å². The van der Waals surface area contributed by atoms with Crippen molar-refractivity contribution in [2.45, 2.75) is 16.5 Å². The standard InChI is InChI=1S/C12H14FN3S/c1-16-7-6-15-12(16)17-11-3-2-10(13)8-9(11)4-5-14/h2-3,6-8H,4-5,14H2,1H3. The highest BCUT2D eigenvalue weighted by Gasteiger charge is 2.08. The van der Waals surface area contributed by atoms with Gasteiger partial charge in [0.25, 0.3) is 0 Å². The molecular formula is C12H14FN3S. The lowest BCUT2D eigenvalue weighted by Crippen LogP contribution is -2.04. The summed E-state index contributed by atoms with van der Waals surface area (Å²) in [6.45, 7) is 0.511. The Morgan fingerprint density at radius 3 is 2.94 bits per heavy atom. The molecule has 1 aromatic carbocycles. The number of aromatic nitrogens is 2. The van der Waals surface area contributed by atoms with Crippen LogP contribution in [0.5, 0.6) is 0 Å². The molecule has 3 nitrogen and oxygen atoms in total. The summed E-state index contributed by atoms with van der Waals surface area (Å²) in [4.78, 5) is 5.24. The fourth-order valence-electron chi connectivity index (χ4n) is 1.55. The van der Waals surface area contributed by atoms with Crippen LogP contribution in [0.2, 0.25) is 0 Å². The van der Waals surface area contributed by atoms with Crippen molar-refractivity contribution in [3.05, 3.63) is 42.0 Å². The van der Waals surface area contributed by atoms with Crippen molar-refractivity contribution < 1.29 is 4.39 Å². The number of imidazole rings is 1. The van der Waals surface area contributed by atoms with Crippen molar-refractivity contribution in [3.63, 3.8) is 0 Å². The van der Waals surface area contributed by atoms with Crippen LogP contribution in [-0.4, -0.2) is 16.1 Å². The average Bonchev–Trinajstić information content (AvgIpc) is 2.69. The minimum atomic E-state index is -0.224. The number of benzene rings is 1. The summed E-state index contributed by atoms with van der Waals surface area (Å²) in [5, 5.41) is 0.884. The highest BCUT2D eigenvalue weighted by molar-refractivity contribution is 7.99. The van der Waals surface area contributed by atoms with Crippen molar-refractivity contribution in [1.29, 1.82) is 0 Å². The lowest BCUT2D eigenvalue weighted by atomic mass is 10.1. The van der Waals surface area contributed by atoms with Gasteiger partial charge in [-0.15, -0.1) is 0 Å². The summed E-state index contributed by atoms with van der Waals surface area (Å²) in [6, 6.07) is 4.78. The summed E-state index contributed by atoms with van der Waals surface area (Å²) < 4.78 is 15.1. The van der Waals surface area contributed by atoms with Gasteiger partial charge in [-0.1, -0.05) is 11.8 Å². The Balaban J connectivity index is 2.29. The molecule has 90 valence electrons. The molecule has 2 aromatic rings. The monoisotopic (exact) mass is 251 g/mol. The van der Waals surface area contributed by atoms with E-state index in [1.807, 2.05) is 17.8 Å². The summed E-state index contributed by atoms with van der Waals surface area (Å²) in [6.07, 6.45) is 4.30. The van der Waals surface area contributed by atoms with Crippen LogP contribution < -0.4 is 5.73 Å². The number of hydrogen-bond acceptors (Lipinski definition) is 3. The van der Waals surface area contributed by atoms with Gasteiger partial charge in [-0.2, -0.15) is 0 Å². The van der Waals surface area contributed by atoms with Gasteiger partial charge in [0.05, 0.1) is 0 Å². The lowest BCUT2D eigenvalue weighted by molar-refractivity contribution is 0.623. The Kier molecular flexibility index (Phi) is 3.81. The Morgan fingerprint density at radius 1 is 1.47 bits per heavy atom. The van der Waals surface area contributed by atoms with Crippen LogP contribution in [0.4, 0.5) is 4.39 Å². The molecule has 0 amide bonds. The first-order valence-electron chi connectivity index (χ1n) is 5.34. The Morgan fingerprint density at radius 2 is 2.29 bits per heavy atom. The van der Waals surface area contributed by atoms with E-state index in [1.54, 1.807) is 12.3 Å². The Hall–Kier alpha value is -1.33. The quantitative estimate of drug-likeness (QED) is 0.906. The van der Waals surface area contributed by atoms with Crippen molar-refractivity contribution in [3.8, 4) is 0 Å². The number of hydrogen-bond donors (Lipinski definition) is 1. The lowest BCUT2D eigenvalue weighted by Gasteiger charge is -2.08. The molecule has 2 rings (SSSR count). The zero-order valence-corrected chi connectivity index (χ0v) is 10.4. The zero-order valence-electron chi connectivity index (χ0n) is 9.56. The smallest absolute Gasteiger partial charge is 0.172 e. The molecule has 0 saturated carbocycles. The molecule has 0 atom stereocenters. The Labute approximate surface area is 104 Å². The van der Waals surface area contributed by atoms with E-state index in [0.29, 0.717) is 13.0 Å². The van der Waals surface area contributed by atoms with Gasteiger partial charge in [-0.25, -0.2) is 9.37 Å².